The number of ketones is 1. The lowest BCUT2D eigenvalue weighted by Gasteiger charge is -2.25. The van der Waals surface area contributed by atoms with Gasteiger partial charge in [-0.05, 0) is 31.5 Å². The smallest absolute Gasteiger partial charge is 0.313 e. The molecular weight excluding hydrogens is 294 g/mol. The van der Waals surface area contributed by atoms with Crippen LogP contribution in [0, 0.1) is 0 Å². The summed E-state index contributed by atoms with van der Waals surface area (Å²) < 4.78 is 10.4. The number of nitrogens with zero attached hydrogens (tertiary/aromatic N) is 1. The Morgan fingerprint density at radius 1 is 1.04 bits per heavy atom. The number of rotatable bonds is 9. The van der Waals surface area contributed by atoms with Gasteiger partial charge in [0.15, 0.2) is 5.78 Å². The fourth-order valence-electron chi connectivity index (χ4n) is 2.56. The number of piperidine rings is 1. The Balaban J connectivity index is 1.52. The van der Waals surface area contributed by atoms with E-state index in [2.05, 4.69) is 4.90 Å². The van der Waals surface area contributed by atoms with E-state index in [-0.39, 0.29) is 25.4 Å². The van der Waals surface area contributed by atoms with Gasteiger partial charge in [-0.1, -0.05) is 36.8 Å². The maximum absolute atomic E-state index is 11.7. The summed E-state index contributed by atoms with van der Waals surface area (Å²) in [6, 6.07) is 9.41. The van der Waals surface area contributed by atoms with Gasteiger partial charge in [-0.2, -0.15) is 0 Å². The van der Waals surface area contributed by atoms with E-state index >= 15 is 0 Å². The van der Waals surface area contributed by atoms with Crippen molar-refractivity contribution in [2.45, 2.75) is 32.3 Å². The molecule has 0 bridgehead atoms. The minimum absolute atomic E-state index is 0.0196. The second-order valence-corrected chi connectivity index (χ2v) is 5.82. The van der Waals surface area contributed by atoms with E-state index in [1.807, 2.05) is 30.3 Å². The highest BCUT2D eigenvalue weighted by molar-refractivity contribution is 5.96. The standard InChI is InChI=1S/C18H25NO4/c20-17(15-22-12-11-19-9-5-2-6-10-19)13-18(21)23-14-16-7-3-1-4-8-16/h1,3-4,7-8H,2,5-6,9-15H2. The summed E-state index contributed by atoms with van der Waals surface area (Å²) in [4.78, 5) is 25.6. The largest absolute Gasteiger partial charge is 0.460 e. The third kappa shape index (κ3) is 7.39. The molecule has 1 aromatic carbocycles. The maximum atomic E-state index is 11.7. The molecule has 5 heteroatoms. The van der Waals surface area contributed by atoms with Crippen molar-refractivity contribution in [3.05, 3.63) is 35.9 Å². The highest BCUT2D eigenvalue weighted by atomic mass is 16.5. The van der Waals surface area contributed by atoms with Gasteiger partial charge >= 0.3 is 5.97 Å². The zero-order valence-electron chi connectivity index (χ0n) is 13.5. The van der Waals surface area contributed by atoms with Crippen molar-refractivity contribution in [2.24, 2.45) is 0 Å². The molecule has 0 aliphatic carbocycles. The Hall–Kier alpha value is -1.72. The first-order chi connectivity index (χ1) is 11.2. The lowest BCUT2D eigenvalue weighted by Crippen LogP contribution is -2.33. The summed E-state index contributed by atoms with van der Waals surface area (Å²) in [6.45, 7) is 3.79. The normalized spacial score (nSPS) is 15.3. The number of hydrogen-bond donors (Lipinski definition) is 0. The van der Waals surface area contributed by atoms with Crippen LogP contribution >= 0.6 is 0 Å². The second-order valence-electron chi connectivity index (χ2n) is 5.82. The number of benzene rings is 1. The van der Waals surface area contributed by atoms with Crippen LogP contribution in [-0.4, -0.2) is 49.5 Å². The van der Waals surface area contributed by atoms with Gasteiger partial charge in [-0.25, -0.2) is 0 Å². The first-order valence-electron chi connectivity index (χ1n) is 8.25. The van der Waals surface area contributed by atoms with Gasteiger partial charge in [0, 0.05) is 6.54 Å². The highest BCUT2D eigenvalue weighted by Gasteiger charge is 2.12. The van der Waals surface area contributed by atoms with Crippen LogP contribution in [0.3, 0.4) is 0 Å². The average molecular weight is 319 g/mol. The van der Waals surface area contributed by atoms with Crippen LogP contribution in [0.4, 0.5) is 0 Å². The summed E-state index contributed by atoms with van der Waals surface area (Å²) in [5.41, 5.74) is 0.908. The minimum atomic E-state index is -0.501. The summed E-state index contributed by atoms with van der Waals surface area (Å²) in [5, 5.41) is 0. The molecule has 0 radical (unpaired) electrons. The highest BCUT2D eigenvalue weighted by Crippen LogP contribution is 2.07. The molecule has 1 fully saturated rings. The molecule has 0 saturated carbocycles. The third-order valence-electron chi connectivity index (χ3n) is 3.85. The SMILES string of the molecule is O=C(COCCN1CCCCC1)CC(=O)OCc1ccccc1. The summed E-state index contributed by atoms with van der Waals surface area (Å²) in [6.07, 6.45) is 3.57. The molecule has 0 spiro atoms. The first kappa shape index (κ1) is 17.6. The Morgan fingerprint density at radius 2 is 1.78 bits per heavy atom. The average Bonchev–Trinajstić information content (AvgIpc) is 2.59. The molecule has 2 rings (SSSR count). The fraction of sp³-hybridized carbons (Fsp3) is 0.556. The predicted molar refractivity (Wildman–Crippen MR) is 87.0 cm³/mol. The number of likely N-dealkylation sites (tertiary alicyclic amines) is 1. The lowest BCUT2D eigenvalue weighted by molar-refractivity contribution is -0.148. The topological polar surface area (TPSA) is 55.8 Å². The second kappa shape index (κ2) is 10.1. The molecule has 5 nitrogen and oxygen atoms in total. The van der Waals surface area contributed by atoms with Crippen LogP contribution in [0.1, 0.15) is 31.2 Å². The quantitative estimate of drug-likeness (QED) is 0.397. The maximum Gasteiger partial charge on any atom is 0.313 e. The molecule has 1 saturated heterocycles. The molecule has 1 aromatic rings. The van der Waals surface area contributed by atoms with Crippen molar-refractivity contribution in [2.75, 3.05) is 32.8 Å². The van der Waals surface area contributed by atoms with Crippen LogP contribution in [0.2, 0.25) is 0 Å². The molecule has 0 unspecified atom stereocenters. The molecule has 126 valence electrons. The number of ether oxygens (including phenoxy) is 2. The Bertz CT molecular complexity index is 483. The van der Waals surface area contributed by atoms with Crippen molar-refractivity contribution < 1.29 is 19.1 Å². The van der Waals surface area contributed by atoms with Crippen molar-refractivity contribution >= 4 is 11.8 Å². The summed E-state index contributed by atoms with van der Waals surface area (Å²) >= 11 is 0. The van der Waals surface area contributed by atoms with Gasteiger partial charge in [0.25, 0.3) is 0 Å². The predicted octanol–water partition coefficient (Wildman–Crippen LogP) is 2.19. The molecule has 1 heterocycles. The van der Waals surface area contributed by atoms with E-state index in [9.17, 15) is 9.59 Å². The zero-order chi connectivity index (χ0) is 16.3. The summed E-state index contributed by atoms with van der Waals surface area (Å²) in [7, 11) is 0. The number of carbonyl (C=O) groups excluding carboxylic acids is 2. The number of hydrogen-bond acceptors (Lipinski definition) is 5. The van der Waals surface area contributed by atoms with Gasteiger partial charge in [-0.15, -0.1) is 0 Å². The monoisotopic (exact) mass is 319 g/mol. The van der Waals surface area contributed by atoms with E-state index in [1.54, 1.807) is 0 Å². The zero-order valence-corrected chi connectivity index (χ0v) is 13.5. The van der Waals surface area contributed by atoms with E-state index in [4.69, 9.17) is 9.47 Å². The van der Waals surface area contributed by atoms with E-state index in [0.717, 1.165) is 25.2 Å². The molecule has 0 aromatic heterocycles. The molecule has 1 aliphatic rings. The van der Waals surface area contributed by atoms with Crippen LogP contribution in [-0.2, 0) is 25.7 Å². The molecule has 0 atom stereocenters. The van der Waals surface area contributed by atoms with Crippen LogP contribution in [0.25, 0.3) is 0 Å². The molecule has 0 amide bonds. The number of Topliss-reactive ketones (excluding diaryl/α,β-unsaturated/α-hetero) is 1. The molecule has 23 heavy (non-hydrogen) atoms. The van der Waals surface area contributed by atoms with Gasteiger partial charge in [0.1, 0.15) is 19.6 Å². The van der Waals surface area contributed by atoms with Crippen molar-refractivity contribution in [1.29, 1.82) is 0 Å². The van der Waals surface area contributed by atoms with Crippen LogP contribution < -0.4 is 0 Å². The third-order valence-corrected chi connectivity index (χ3v) is 3.85. The molecular formula is C18H25NO4. The van der Waals surface area contributed by atoms with Crippen LogP contribution in [0.15, 0.2) is 30.3 Å². The first-order valence-corrected chi connectivity index (χ1v) is 8.25. The van der Waals surface area contributed by atoms with Gasteiger partial charge in [0.05, 0.1) is 6.61 Å². The van der Waals surface area contributed by atoms with Crippen LogP contribution in [0.5, 0.6) is 0 Å². The van der Waals surface area contributed by atoms with Crippen molar-refractivity contribution in [1.82, 2.24) is 4.90 Å². The van der Waals surface area contributed by atoms with E-state index in [0.29, 0.717) is 6.61 Å². The molecule has 1 aliphatic heterocycles. The lowest BCUT2D eigenvalue weighted by atomic mass is 10.1. The van der Waals surface area contributed by atoms with E-state index in [1.165, 1.54) is 19.3 Å². The fourth-order valence-corrected chi connectivity index (χ4v) is 2.56. The van der Waals surface area contributed by atoms with Crippen molar-refractivity contribution in [3.8, 4) is 0 Å². The van der Waals surface area contributed by atoms with Gasteiger partial charge in [0.2, 0.25) is 0 Å². The Labute approximate surface area is 137 Å². The molecule has 0 N–H and O–H groups in total. The van der Waals surface area contributed by atoms with Gasteiger partial charge in [-0.3, -0.25) is 9.59 Å². The minimum Gasteiger partial charge on any atom is -0.460 e. The Kier molecular flexibility index (Phi) is 7.77. The Morgan fingerprint density at radius 3 is 2.52 bits per heavy atom. The number of esters is 1. The van der Waals surface area contributed by atoms with Crippen molar-refractivity contribution in [3.63, 3.8) is 0 Å². The number of carbonyl (C=O) groups is 2. The summed E-state index contributed by atoms with van der Waals surface area (Å²) in [5.74, 6) is -0.736. The van der Waals surface area contributed by atoms with E-state index < -0.39 is 5.97 Å². The van der Waals surface area contributed by atoms with Gasteiger partial charge < -0.3 is 14.4 Å².